The standard InChI is InChI=1S/C13H17N3O2/c1-3-16-8-10(15-13(16)14)9-18-12-6-4-11(17-2)5-7-12/h4-8H,3,9H2,1-2H3,(H2,14,15). The highest BCUT2D eigenvalue weighted by atomic mass is 16.5. The predicted octanol–water partition coefficient (Wildman–Crippen LogP) is 2.07. The molecular formula is C13H17N3O2. The third-order valence-electron chi connectivity index (χ3n) is 2.64. The van der Waals surface area contributed by atoms with Crippen LogP contribution in [0.25, 0.3) is 0 Å². The third-order valence-corrected chi connectivity index (χ3v) is 2.64. The van der Waals surface area contributed by atoms with Gasteiger partial charge in [-0.2, -0.15) is 0 Å². The van der Waals surface area contributed by atoms with Crippen molar-refractivity contribution < 1.29 is 9.47 Å². The summed E-state index contributed by atoms with van der Waals surface area (Å²) in [7, 11) is 1.63. The van der Waals surface area contributed by atoms with Crippen molar-refractivity contribution >= 4 is 5.95 Å². The lowest BCUT2D eigenvalue weighted by atomic mass is 10.3. The number of methoxy groups -OCH3 is 1. The number of nitrogens with two attached hydrogens (primary N) is 1. The summed E-state index contributed by atoms with van der Waals surface area (Å²) < 4.78 is 12.6. The van der Waals surface area contributed by atoms with E-state index in [2.05, 4.69) is 4.98 Å². The van der Waals surface area contributed by atoms with Crippen molar-refractivity contribution in [3.05, 3.63) is 36.2 Å². The van der Waals surface area contributed by atoms with E-state index in [1.165, 1.54) is 0 Å². The van der Waals surface area contributed by atoms with Crippen molar-refractivity contribution in [1.82, 2.24) is 9.55 Å². The number of nitrogens with zero attached hydrogens (tertiary/aromatic N) is 2. The maximum atomic E-state index is 5.74. The van der Waals surface area contributed by atoms with Crippen LogP contribution in [0.3, 0.4) is 0 Å². The zero-order valence-corrected chi connectivity index (χ0v) is 10.6. The number of benzene rings is 1. The van der Waals surface area contributed by atoms with Crippen LogP contribution in [-0.2, 0) is 13.2 Å². The molecule has 1 aromatic carbocycles. The second kappa shape index (κ2) is 5.44. The van der Waals surface area contributed by atoms with Gasteiger partial charge in [-0.05, 0) is 31.2 Å². The largest absolute Gasteiger partial charge is 0.497 e. The Bertz CT molecular complexity index is 505. The molecule has 2 N–H and O–H groups in total. The van der Waals surface area contributed by atoms with Gasteiger partial charge in [-0.1, -0.05) is 0 Å². The van der Waals surface area contributed by atoms with Crippen molar-refractivity contribution in [3.8, 4) is 11.5 Å². The fraction of sp³-hybridized carbons (Fsp3) is 0.308. The molecule has 0 saturated carbocycles. The molecule has 96 valence electrons. The van der Waals surface area contributed by atoms with Gasteiger partial charge in [0.2, 0.25) is 0 Å². The van der Waals surface area contributed by atoms with E-state index in [1.54, 1.807) is 7.11 Å². The van der Waals surface area contributed by atoms with Crippen LogP contribution in [0.1, 0.15) is 12.6 Å². The lowest BCUT2D eigenvalue weighted by molar-refractivity contribution is 0.301. The van der Waals surface area contributed by atoms with E-state index in [4.69, 9.17) is 15.2 Å². The molecule has 5 heteroatoms. The molecule has 2 aromatic rings. The summed E-state index contributed by atoms with van der Waals surface area (Å²) in [6, 6.07) is 7.43. The van der Waals surface area contributed by atoms with E-state index in [1.807, 2.05) is 42.0 Å². The van der Waals surface area contributed by atoms with Gasteiger partial charge < -0.3 is 19.8 Å². The molecule has 0 aliphatic heterocycles. The van der Waals surface area contributed by atoms with E-state index in [-0.39, 0.29) is 0 Å². The van der Waals surface area contributed by atoms with Crippen molar-refractivity contribution in [3.63, 3.8) is 0 Å². The summed E-state index contributed by atoms with van der Waals surface area (Å²) in [6.07, 6.45) is 1.90. The zero-order chi connectivity index (χ0) is 13.0. The summed E-state index contributed by atoms with van der Waals surface area (Å²) in [4.78, 5) is 4.22. The van der Waals surface area contributed by atoms with Crippen molar-refractivity contribution in [2.75, 3.05) is 12.8 Å². The minimum Gasteiger partial charge on any atom is -0.497 e. The average Bonchev–Trinajstić information content (AvgIpc) is 2.77. The number of aryl methyl sites for hydroxylation is 1. The Balaban J connectivity index is 1.97. The summed E-state index contributed by atoms with van der Waals surface area (Å²) >= 11 is 0. The van der Waals surface area contributed by atoms with Gasteiger partial charge in [-0.15, -0.1) is 0 Å². The molecule has 0 radical (unpaired) electrons. The third kappa shape index (κ3) is 2.74. The van der Waals surface area contributed by atoms with Gasteiger partial charge in [0.25, 0.3) is 0 Å². The maximum Gasteiger partial charge on any atom is 0.200 e. The number of rotatable bonds is 5. The van der Waals surface area contributed by atoms with Gasteiger partial charge in [-0.25, -0.2) is 4.98 Å². The van der Waals surface area contributed by atoms with Gasteiger partial charge in [0.15, 0.2) is 5.95 Å². The normalized spacial score (nSPS) is 10.3. The Morgan fingerprint density at radius 3 is 2.44 bits per heavy atom. The summed E-state index contributed by atoms with van der Waals surface area (Å²) in [5.41, 5.74) is 6.56. The van der Waals surface area contributed by atoms with Crippen molar-refractivity contribution in [2.45, 2.75) is 20.1 Å². The molecule has 0 spiro atoms. The van der Waals surface area contributed by atoms with Crippen LogP contribution in [0.2, 0.25) is 0 Å². The fourth-order valence-electron chi connectivity index (χ4n) is 1.64. The zero-order valence-electron chi connectivity index (χ0n) is 10.6. The first-order valence-electron chi connectivity index (χ1n) is 5.81. The Labute approximate surface area is 106 Å². The Morgan fingerprint density at radius 2 is 1.89 bits per heavy atom. The van der Waals surface area contributed by atoms with Gasteiger partial charge in [0, 0.05) is 12.7 Å². The second-order valence-corrected chi connectivity index (χ2v) is 3.84. The number of nitrogen functional groups attached to an aromatic ring is 1. The van der Waals surface area contributed by atoms with E-state index in [0.717, 1.165) is 23.7 Å². The topological polar surface area (TPSA) is 62.3 Å². The molecule has 0 aliphatic carbocycles. The van der Waals surface area contributed by atoms with Crippen LogP contribution in [0, 0.1) is 0 Å². The van der Waals surface area contributed by atoms with E-state index in [9.17, 15) is 0 Å². The number of ether oxygens (including phenoxy) is 2. The van der Waals surface area contributed by atoms with Gasteiger partial charge in [0.1, 0.15) is 18.1 Å². The van der Waals surface area contributed by atoms with E-state index in [0.29, 0.717) is 12.6 Å². The lowest BCUT2D eigenvalue weighted by Gasteiger charge is -2.05. The van der Waals surface area contributed by atoms with Crippen LogP contribution in [0.15, 0.2) is 30.5 Å². The summed E-state index contributed by atoms with van der Waals surface area (Å²) in [5, 5.41) is 0. The molecule has 1 aromatic heterocycles. The van der Waals surface area contributed by atoms with Gasteiger partial charge >= 0.3 is 0 Å². The molecule has 2 rings (SSSR count). The van der Waals surface area contributed by atoms with E-state index < -0.39 is 0 Å². The summed E-state index contributed by atoms with van der Waals surface area (Å²) in [5.74, 6) is 2.10. The second-order valence-electron chi connectivity index (χ2n) is 3.84. The minimum absolute atomic E-state index is 0.406. The Kier molecular flexibility index (Phi) is 3.72. The highest BCUT2D eigenvalue weighted by Gasteiger charge is 2.04. The molecule has 18 heavy (non-hydrogen) atoms. The van der Waals surface area contributed by atoms with Crippen LogP contribution in [0.4, 0.5) is 5.95 Å². The van der Waals surface area contributed by atoms with E-state index >= 15 is 0 Å². The Morgan fingerprint density at radius 1 is 1.22 bits per heavy atom. The molecule has 5 nitrogen and oxygen atoms in total. The number of hydrogen-bond donors (Lipinski definition) is 1. The van der Waals surface area contributed by atoms with Crippen LogP contribution >= 0.6 is 0 Å². The monoisotopic (exact) mass is 247 g/mol. The van der Waals surface area contributed by atoms with Crippen molar-refractivity contribution in [2.24, 2.45) is 0 Å². The number of imidazole rings is 1. The van der Waals surface area contributed by atoms with Gasteiger partial charge in [0.05, 0.1) is 12.8 Å². The number of anilines is 1. The highest BCUT2D eigenvalue weighted by molar-refractivity contribution is 5.31. The molecule has 0 atom stereocenters. The first kappa shape index (κ1) is 12.3. The lowest BCUT2D eigenvalue weighted by Crippen LogP contribution is -1.98. The molecule has 0 amide bonds. The molecule has 1 heterocycles. The molecular weight excluding hydrogens is 230 g/mol. The smallest absolute Gasteiger partial charge is 0.200 e. The van der Waals surface area contributed by atoms with Gasteiger partial charge in [-0.3, -0.25) is 0 Å². The van der Waals surface area contributed by atoms with Crippen molar-refractivity contribution in [1.29, 1.82) is 0 Å². The number of hydrogen-bond acceptors (Lipinski definition) is 4. The first-order chi connectivity index (χ1) is 8.72. The maximum absolute atomic E-state index is 5.74. The molecule has 0 fully saturated rings. The highest BCUT2D eigenvalue weighted by Crippen LogP contribution is 2.18. The molecule has 0 saturated heterocycles. The predicted molar refractivity (Wildman–Crippen MR) is 69.6 cm³/mol. The molecule has 0 unspecified atom stereocenters. The Hall–Kier alpha value is -2.17. The van der Waals surface area contributed by atoms with Crippen LogP contribution in [0.5, 0.6) is 11.5 Å². The fourth-order valence-corrected chi connectivity index (χ4v) is 1.64. The molecule has 0 aliphatic rings. The first-order valence-corrected chi connectivity index (χ1v) is 5.81. The SMILES string of the molecule is CCn1cc(COc2ccc(OC)cc2)nc1N. The number of aromatic nitrogens is 2. The molecule has 0 bridgehead atoms. The quantitative estimate of drug-likeness (QED) is 0.878. The van der Waals surface area contributed by atoms with Crippen LogP contribution in [-0.4, -0.2) is 16.7 Å². The average molecular weight is 247 g/mol. The minimum atomic E-state index is 0.406. The van der Waals surface area contributed by atoms with Crippen LogP contribution < -0.4 is 15.2 Å². The summed E-state index contributed by atoms with van der Waals surface area (Å²) in [6.45, 7) is 3.23.